The van der Waals surface area contributed by atoms with Crippen molar-refractivity contribution in [2.24, 2.45) is 11.7 Å². The molecule has 78 valence electrons. The first-order chi connectivity index (χ1) is 6.56. The van der Waals surface area contributed by atoms with Crippen LogP contribution in [0, 0.1) is 12.8 Å². The highest BCUT2D eigenvalue weighted by Crippen LogP contribution is 2.27. The van der Waals surface area contributed by atoms with Crippen molar-refractivity contribution in [1.82, 2.24) is 0 Å². The number of hydrogen-bond acceptors (Lipinski definition) is 1. The summed E-state index contributed by atoms with van der Waals surface area (Å²) in [5.74, 6) is 1.06. The van der Waals surface area contributed by atoms with Crippen molar-refractivity contribution in [3.63, 3.8) is 0 Å². The molecular weight excluding hydrogens is 238 g/mol. The van der Waals surface area contributed by atoms with Gasteiger partial charge in [0.05, 0.1) is 0 Å². The summed E-state index contributed by atoms with van der Waals surface area (Å²) in [5.41, 5.74) is 8.38. The average Bonchev–Trinajstić information content (AvgIpc) is 2.11. The SMILES string of the molecule is Cc1ccc(C(CN)C(C)C)cc1Br. The van der Waals surface area contributed by atoms with Crippen LogP contribution in [0.15, 0.2) is 22.7 Å². The van der Waals surface area contributed by atoms with Crippen LogP contribution in [-0.4, -0.2) is 6.54 Å². The van der Waals surface area contributed by atoms with Crippen LogP contribution in [0.2, 0.25) is 0 Å². The molecule has 2 heteroatoms. The molecule has 1 nitrogen and oxygen atoms in total. The smallest absolute Gasteiger partial charge is 0.0207 e. The van der Waals surface area contributed by atoms with E-state index in [0.29, 0.717) is 18.4 Å². The largest absolute Gasteiger partial charge is 0.330 e. The first-order valence-corrected chi connectivity index (χ1v) is 5.81. The Bertz CT molecular complexity index is 307. The molecule has 1 aromatic carbocycles. The molecule has 0 heterocycles. The molecule has 0 aliphatic rings. The van der Waals surface area contributed by atoms with Gasteiger partial charge in [0.15, 0.2) is 0 Å². The summed E-state index contributed by atoms with van der Waals surface area (Å²) in [6, 6.07) is 6.51. The molecule has 0 aliphatic carbocycles. The fraction of sp³-hybridized carbons (Fsp3) is 0.500. The van der Waals surface area contributed by atoms with E-state index in [1.807, 2.05) is 0 Å². The predicted octanol–water partition coefficient (Wildman–Crippen LogP) is 3.46. The van der Waals surface area contributed by atoms with E-state index in [-0.39, 0.29) is 0 Å². The monoisotopic (exact) mass is 255 g/mol. The molecule has 0 saturated carbocycles. The second kappa shape index (κ2) is 4.94. The molecule has 14 heavy (non-hydrogen) atoms. The second-order valence-corrected chi connectivity index (χ2v) is 4.95. The maximum atomic E-state index is 5.78. The van der Waals surface area contributed by atoms with E-state index in [0.717, 1.165) is 0 Å². The summed E-state index contributed by atoms with van der Waals surface area (Å²) in [4.78, 5) is 0. The molecule has 0 saturated heterocycles. The molecule has 0 aliphatic heterocycles. The molecule has 0 bridgehead atoms. The molecule has 1 rings (SSSR count). The van der Waals surface area contributed by atoms with Crippen LogP contribution in [-0.2, 0) is 0 Å². The van der Waals surface area contributed by atoms with Crippen LogP contribution in [0.25, 0.3) is 0 Å². The summed E-state index contributed by atoms with van der Waals surface area (Å²) in [5, 5.41) is 0. The lowest BCUT2D eigenvalue weighted by Gasteiger charge is -2.19. The average molecular weight is 256 g/mol. The zero-order valence-corrected chi connectivity index (χ0v) is 10.6. The molecular formula is C12H18BrN. The van der Waals surface area contributed by atoms with E-state index >= 15 is 0 Å². The lowest BCUT2D eigenvalue weighted by molar-refractivity contribution is 0.506. The predicted molar refractivity (Wildman–Crippen MR) is 65.5 cm³/mol. The molecule has 1 aromatic rings. The third kappa shape index (κ3) is 2.58. The number of nitrogens with two attached hydrogens (primary N) is 1. The van der Waals surface area contributed by atoms with Crippen molar-refractivity contribution in [3.05, 3.63) is 33.8 Å². The number of halogens is 1. The van der Waals surface area contributed by atoms with Crippen molar-refractivity contribution in [3.8, 4) is 0 Å². The fourth-order valence-electron chi connectivity index (χ4n) is 1.63. The van der Waals surface area contributed by atoms with Gasteiger partial charge in [0.25, 0.3) is 0 Å². The van der Waals surface area contributed by atoms with E-state index in [2.05, 4.69) is 54.9 Å². The van der Waals surface area contributed by atoms with Gasteiger partial charge in [0.1, 0.15) is 0 Å². The van der Waals surface area contributed by atoms with E-state index in [1.165, 1.54) is 15.6 Å². The highest BCUT2D eigenvalue weighted by atomic mass is 79.9. The van der Waals surface area contributed by atoms with Crippen LogP contribution >= 0.6 is 15.9 Å². The number of aryl methyl sites for hydroxylation is 1. The van der Waals surface area contributed by atoms with E-state index in [4.69, 9.17) is 5.73 Å². The van der Waals surface area contributed by atoms with Gasteiger partial charge in [-0.05, 0) is 42.5 Å². The van der Waals surface area contributed by atoms with Crippen molar-refractivity contribution < 1.29 is 0 Å². The Labute approximate surface area is 94.8 Å². The second-order valence-electron chi connectivity index (χ2n) is 4.09. The topological polar surface area (TPSA) is 26.0 Å². The minimum absolute atomic E-state index is 0.465. The number of rotatable bonds is 3. The van der Waals surface area contributed by atoms with Gasteiger partial charge in [-0.15, -0.1) is 0 Å². The summed E-state index contributed by atoms with van der Waals surface area (Å²) in [6.45, 7) is 7.24. The fourth-order valence-corrected chi connectivity index (χ4v) is 2.03. The molecule has 1 unspecified atom stereocenters. The van der Waals surface area contributed by atoms with E-state index in [9.17, 15) is 0 Å². The molecule has 0 aromatic heterocycles. The van der Waals surface area contributed by atoms with Crippen molar-refractivity contribution in [2.45, 2.75) is 26.7 Å². The Morgan fingerprint density at radius 3 is 2.43 bits per heavy atom. The lowest BCUT2D eigenvalue weighted by Crippen LogP contribution is -2.17. The zero-order chi connectivity index (χ0) is 10.7. The zero-order valence-electron chi connectivity index (χ0n) is 9.05. The molecule has 1 atom stereocenters. The van der Waals surface area contributed by atoms with Crippen LogP contribution in [0.3, 0.4) is 0 Å². The quantitative estimate of drug-likeness (QED) is 0.880. The maximum absolute atomic E-state index is 5.78. The minimum Gasteiger partial charge on any atom is -0.330 e. The van der Waals surface area contributed by atoms with Crippen LogP contribution in [0.1, 0.15) is 30.9 Å². The summed E-state index contributed by atoms with van der Waals surface area (Å²) in [7, 11) is 0. The highest BCUT2D eigenvalue weighted by Gasteiger charge is 2.14. The summed E-state index contributed by atoms with van der Waals surface area (Å²) < 4.78 is 1.18. The first-order valence-electron chi connectivity index (χ1n) is 5.02. The molecule has 0 amide bonds. The number of hydrogen-bond donors (Lipinski definition) is 1. The van der Waals surface area contributed by atoms with Gasteiger partial charge in [-0.1, -0.05) is 41.9 Å². The van der Waals surface area contributed by atoms with Crippen molar-refractivity contribution >= 4 is 15.9 Å². The Hall–Kier alpha value is -0.340. The van der Waals surface area contributed by atoms with Gasteiger partial charge in [-0.3, -0.25) is 0 Å². The lowest BCUT2D eigenvalue weighted by atomic mass is 9.88. The maximum Gasteiger partial charge on any atom is 0.0207 e. The van der Waals surface area contributed by atoms with Gasteiger partial charge in [0, 0.05) is 4.47 Å². The van der Waals surface area contributed by atoms with Gasteiger partial charge in [-0.2, -0.15) is 0 Å². The van der Waals surface area contributed by atoms with Gasteiger partial charge in [0.2, 0.25) is 0 Å². The summed E-state index contributed by atoms with van der Waals surface area (Å²) >= 11 is 3.55. The third-order valence-corrected chi connectivity index (χ3v) is 3.54. The minimum atomic E-state index is 0.465. The van der Waals surface area contributed by atoms with Crippen LogP contribution < -0.4 is 5.73 Å². The van der Waals surface area contributed by atoms with E-state index < -0.39 is 0 Å². The number of benzene rings is 1. The normalized spacial score (nSPS) is 13.3. The Kier molecular flexibility index (Phi) is 4.14. The van der Waals surface area contributed by atoms with Gasteiger partial charge in [-0.25, -0.2) is 0 Å². The van der Waals surface area contributed by atoms with E-state index in [1.54, 1.807) is 0 Å². The first kappa shape index (κ1) is 11.7. The third-order valence-electron chi connectivity index (χ3n) is 2.68. The van der Waals surface area contributed by atoms with Crippen molar-refractivity contribution in [2.75, 3.05) is 6.54 Å². The highest BCUT2D eigenvalue weighted by molar-refractivity contribution is 9.10. The van der Waals surface area contributed by atoms with Gasteiger partial charge < -0.3 is 5.73 Å². The Morgan fingerprint density at radius 2 is 2.00 bits per heavy atom. The van der Waals surface area contributed by atoms with Crippen molar-refractivity contribution in [1.29, 1.82) is 0 Å². The standard InChI is InChI=1S/C12H18BrN/c1-8(2)11(7-14)10-5-4-9(3)12(13)6-10/h4-6,8,11H,7,14H2,1-3H3. The van der Waals surface area contributed by atoms with Crippen LogP contribution in [0.4, 0.5) is 0 Å². The summed E-state index contributed by atoms with van der Waals surface area (Å²) in [6.07, 6.45) is 0. The Morgan fingerprint density at radius 1 is 1.36 bits per heavy atom. The molecule has 0 radical (unpaired) electrons. The Balaban J connectivity index is 3.00. The molecule has 0 spiro atoms. The molecule has 2 N–H and O–H groups in total. The van der Waals surface area contributed by atoms with Crippen LogP contribution in [0.5, 0.6) is 0 Å². The molecule has 0 fully saturated rings. The van der Waals surface area contributed by atoms with Gasteiger partial charge >= 0.3 is 0 Å².